The number of halogens is 6. The van der Waals surface area contributed by atoms with Gasteiger partial charge in [-0.15, -0.1) is 11.3 Å². The van der Waals surface area contributed by atoms with Gasteiger partial charge in [0, 0.05) is 35.1 Å². The summed E-state index contributed by atoms with van der Waals surface area (Å²) in [6.45, 7) is 1.70. The average Bonchev–Trinajstić information content (AvgIpc) is 3.36. The van der Waals surface area contributed by atoms with Crippen molar-refractivity contribution in [1.29, 1.82) is 0 Å². The molecule has 3 aromatic carbocycles. The van der Waals surface area contributed by atoms with Crippen LogP contribution in [0.3, 0.4) is 0 Å². The van der Waals surface area contributed by atoms with Crippen LogP contribution in [0, 0.1) is 18.6 Å². The lowest BCUT2D eigenvalue weighted by Crippen LogP contribution is -2.44. The van der Waals surface area contributed by atoms with Gasteiger partial charge in [-0.1, -0.05) is 48.0 Å². The zero-order valence-electron chi connectivity index (χ0n) is 23.3. The Morgan fingerprint density at radius 1 is 0.953 bits per heavy atom. The van der Waals surface area contributed by atoms with Gasteiger partial charge in [-0.05, 0) is 74.5 Å². The quantitative estimate of drug-likeness (QED) is 0.163. The van der Waals surface area contributed by atoms with Crippen molar-refractivity contribution in [2.45, 2.75) is 57.4 Å². The van der Waals surface area contributed by atoms with Gasteiger partial charge in [0.2, 0.25) is 0 Å². The van der Waals surface area contributed by atoms with Gasteiger partial charge in [0.05, 0.1) is 9.72 Å². The molecule has 0 spiro atoms. The fourth-order valence-electron chi connectivity index (χ4n) is 5.64. The maximum Gasteiger partial charge on any atom is 0.454 e. The lowest BCUT2D eigenvalue weighted by molar-refractivity contribution is -0.0885. The number of carbonyl (C=O) groups is 2. The second-order valence-corrected chi connectivity index (χ2v) is 12.1. The third-order valence-electron chi connectivity index (χ3n) is 8.07. The monoisotopic (exact) mass is 634 g/mol. The maximum atomic E-state index is 15.3. The summed E-state index contributed by atoms with van der Waals surface area (Å²) in [5, 5.41) is 3.91. The van der Waals surface area contributed by atoms with Crippen molar-refractivity contribution in [2.24, 2.45) is 0 Å². The molecule has 1 amide bonds. The molecule has 0 atom stereocenters. The Labute approximate surface area is 254 Å². The summed E-state index contributed by atoms with van der Waals surface area (Å²) < 4.78 is 68.7. The number of carbonyl (C=O) groups excluding carboxylic acids is 2. The Hall–Kier alpha value is -3.34. The van der Waals surface area contributed by atoms with Crippen molar-refractivity contribution in [3.05, 3.63) is 92.8 Å². The zero-order chi connectivity index (χ0) is 31.1. The van der Waals surface area contributed by atoms with Crippen LogP contribution in [0.25, 0.3) is 21.2 Å². The van der Waals surface area contributed by atoms with Crippen molar-refractivity contribution in [3.8, 4) is 11.1 Å². The molecule has 0 radical (unpaired) electrons. The second kappa shape index (κ2) is 12.3. The van der Waals surface area contributed by atoms with Gasteiger partial charge in [-0.25, -0.2) is 8.78 Å². The molecular weight excluding hydrogens is 607 g/mol. The largest absolute Gasteiger partial charge is 0.454 e. The van der Waals surface area contributed by atoms with Crippen molar-refractivity contribution < 1.29 is 31.5 Å². The molecule has 5 rings (SSSR count). The number of aryl methyl sites for hydroxylation is 1. The van der Waals surface area contributed by atoms with E-state index in [0.29, 0.717) is 35.4 Å². The van der Waals surface area contributed by atoms with E-state index < -0.39 is 35.1 Å². The Kier molecular flexibility index (Phi) is 8.92. The summed E-state index contributed by atoms with van der Waals surface area (Å²) in [7, 11) is 1.88. The van der Waals surface area contributed by atoms with Gasteiger partial charge in [0.25, 0.3) is 11.7 Å². The average molecular weight is 635 g/mol. The maximum absolute atomic E-state index is 15.3. The second-order valence-electron chi connectivity index (χ2n) is 10.8. The van der Waals surface area contributed by atoms with Crippen molar-refractivity contribution in [3.63, 3.8) is 0 Å². The molecule has 1 fully saturated rings. The highest BCUT2D eigenvalue weighted by molar-refractivity contribution is 7.21. The number of amides is 1. The first-order chi connectivity index (χ1) is 20.4. The highest BCUT2D eigenvalue weighted by atomic mass is 35.5. The number of rotatable bonds is 7. The molecule has 0 bridgehead atoms. The van der Waals surface area contributed by atoms with E-state index in [1.54, 1.807) is 24.0 Å². The highest BCUT2D eigenvalue weighted by Gasteiger charge is 2.39. The summed E-state index contributed by atoms with van der Waals surface area (Å²) in [6, 6.07) is 12.2. The van der Waals surface area contributed by atoms with Crippen LogP contribution in [0.15, 0.2) is 54.6 Å². The smallest absolute Gasteiger partial charge is 0.330 e. The van der Waals surface area contributed by atoms with E-state index in [1.165, 1.54) is 30.3 Å². The normalized spacial score (nSPS) is 17.3. The molecule has 1 aliphatic carbocycles. The summed E-state index contributed by atoms with van der Waals surface area (Å²) in [4.78, 5) is 27.5. The van der Waals surface area contributed by atoms with E-state index in [9.17, 15) is 27.2 Å². The van der Waals surface area contributed by atoms with Crippen LogP contribution in [0.2, 0.25) is 5.02 Å². The van der Waals surface area contributed by atoms with E-state index in [1.807, 2.05) is 7.05 Å². The van der Waals surface area contributed by atoms with Crippen LogP contribution in [-0.4, -0.2) is 41.9 Å². The molecule has 0 aliphatic heterocycles. The number of thiophene rings is 1. The Balaban J connectivity index is 1.50. The Bertz CT molecular complexity index is 1680. The van der Waals surface area contributed by atoms with Crippen molar-refractivity contribution >= 4 is 44.7 Å². The first kappa shape index (κ1) is 31.1. The van der Waals surface area contributed by atoms with E-state index in [-0.39, 0.29) is 32.7 Å². The highest BCUT2D eigenvalue weighted by Crippen LogP contribution is 2.40. The molecule has 0 saturated heterocycles. The fourth-order valence-corrected chi connectivity index (χ4v) is 7.26. The first-order valence-corrected chi connectivity index (χ1v) is 14.9. The number of benzene rings is 3. The van der Waals surface area contributed by atoms with Gasteiger partial charge >= 0.3 is 6.18 Å². The van der Waals surface area contributed by atoms with E-state index in [4.69, 9.17) is 11.6 Å². The van der Waals surface area contributed by atoms with Gasteiger partial charge in [-0.3, -0.25) is 9.59 Å². The van der Waals surface area contributed by atoms with E-state index in [2.05, 4.69) is 5.32 Å². The first-order valence-electron chi connectivity index (χ1n) is 13.7. The van der Waals surface area contributed by atoms with Crippen LogP contribution < -0.4 is 5.32 Å². The SMILES string of the molecule is CN[C@H]1CC[C@H](N(Cc2cc(-c3ccc(C(=O)C(F)(F)F)cc3)ccc2F)C(=O)c2sc3c(F)ccc(C)c3c2Cl)CC1. The lowest BCUT2D eigenvalue weighted by atomic mass is 9.89. The molecule has 11 heteroatoms. The van der Waals surface area contributed by atoms with Crippen molar-refractivity contribution in [1.82, 2.24) is 10.2 Å². The third-order valence-corrected chi connectivity index (χ3v) is 9.74. The number of nitrogens with zero attached hydrogens (tertiary/aromatic N) is 1. The summed E-state index contributed by atoms with van der Waals surface area (Å²) >= 11 is 7.66. The van der Waals surface area contributed by atoms with Gasteiger partial charge in [0.1, 0.15) is 16.5 Å². The van der Waals surface area contributed by atoms with Crippen LogP contribution in [0.5, 0.6) is 0 Å². The van der Waals surface area contributed by atoms with Gasteiger partial charge in [-0.2, -0.15) is 13.2 Å². The minimum Gasteiger partial charge on any atom is -0.330 e. The van der Waals surface area contributed by atoms with E-state index in [0.717, 1.165) is 41.9 Å². The van der Waals surface area contributed by atoms with Gasteiger partial charge < -0.3 is 10.2 Å². The van der Waals surface area contributed by atoms with Crippen LogP contribution in [-0.2, 0) is 6.54 Å². The Morgan fingerprint density at radius 2 is 1.58 bits per heavy atom. The summed E-state index contributed by atoms with van der Waals surface area (Å²) in [5.74, 6) is -3.40. The van der Waals surface area contributed by atoms with Gasteiger partial charge in [0.15, 0.2) is 0 Å². The minimum absolute atomic E-state index is 0.0932. The topological polar surface area (TPSA) is 49.4 Å². The van der Waals surface area contributed by atoms with E-state index >= 15 is 4.39 Å². The predicted octanol–water partition coefficient (Wildman–Crippen LogP) is 8.73. The standard InChI is InChI=1S/C32H28ClF5N2O2S/c1-17-3-13-25(35)28-26(17)27(33)29(43-28)31(42)40(23-11-9-22(39-2)10-12-23)16-21-15-20(8-14-24(21)34)18-4-6-19(7-5-18)30(41)32(36,37)38/h3-8,13-15,22-23,39H,9-12,16H2,1-2H3/t22-,23-. The fraction of sp³-hybridized carbons (Fsp3) is 0.312. The molecule has 1 saturated carbocycles. The number of fused-ring (bicyclic) bond motifs is 1. The number of Topliss-reactive ketones (excluding diaryl/α,β-unsaturated/α-hetero) is 1. The molecule has 43 heavy (non-hydrogen) atoms. The molecule has 1 N–H and O–H groups in total. The molecule has 1 aliphatic rings. The predicted molar refractivity (Wildman–Crippen MR) is 159 cm³/mol. The molecule has 1 aromatic heterocycles. The summed E-state index contributed by atoms with van der Waals surface area (Å²) in [6.07, 6.45) is -2.03. The van der Waals surface area contributed by atoms with Crippen LogP contribution >= 0.6 is 22.9 Å². The molecule has 4 nitrogen and oxygen atoms in total. The molecular formula is C32H28ClF5N2O2S. The number of hydrogen-bond acceptors (Lipinski definition) is 4. The lowest BCUT2D eigenvalue weighted by Gasteiger charge is -2.37. The number of ketones is 1. The zero-order valence-corrected chi connectivity index (χ0v) is 24.9. The molecule has 226 valence electrons. The number of nitrogens with one attached hydrogen (secondary N) is 1. The van der Waals surface area contributed by atoms with Crippen molar-refractivity contribution in [2.75, 3.05) is 7.05 Å². The summed E-state index contributed by atoms with van der Waals surface area (Å²) in [5.41, 5.74) is 1.42. The molecule has 0 unspecified atom stereocenters. The molecule has 4 aromatic rings. The number of alkyl halides is 3. The number of hydrogen-bond donors (Lipinski definition) is 1. The van der Waals surface area contributed by atoms with Crippen LogP contribution in [0.1, 0.15) is 56.8 Å². The third kappa shape index (κ3) is 6.32. The van der Waals surface area contributed by atoms with Crippen LogP contribution in [0.4, 0.5) is 22.0 Å². The molecule has 1 heterocycles. The Morgan fingerprint density at radius 3 is 2.19 bits per heavy atom. The minimum atomic E-state index is -4.99.